The third-order valence-electron chi connectivity index (χ3n) is 3.19. The Morgan fingerprint density at radius 2 is 1.89 bits per heavy atom. The van der Waals surface area contributed by atoms with Gasteiger partial charge >= 0.3 is 0 Å². The number of aryl methyl sites for hydroxylation is 1. The molecule has 0 aliphatic rings. The lowest BCUT2D eigenvalue weighted by molar-refractivity contribution is 0.475. The van der Waals surface area contributed by atoms with E-state index in [0.29, 0.717) is 0 Å². The first-order valence-corrected chi connectivity index (χ1v) is 6.31. The maximum atomic E-state index is 9.72. The lowest BCUT2D eigenvalue weighted by Crippen LogP contribution is -1.84. The summed E-state index contributed by atoms with van der Waals surface area (Å²) in [6.45, 7) is 7.88. The Labute approximate surface area is 114 Å². The van der Waals surface area contributed by atoms with Gasteiger partial charge in [0.05, 0.1) is 0 Å². The van der Waals surface area contributed by atoms with E-state index in [0.717, 1.165) is 16.7 Å². The van der Waals surface area contributed by atoms with Crippen LogP contribution in [0.25, 0.3) is 17.7 Å². The highest BCUT2D eigenvalue weighted by atomic mass is 16.3. The third-order valence-corrected chi connectivity index (χ3v) is 3.19. The number of phenols is 1. The molecule has 0 atom stereocenters. The van der Waals surface area contributed by atoms with Gasteiger partial charge in [-0.2, -0.15) is 0 Å². The van der Waals surface area contributed by atoms with Crippen molar-refractivity contribution in [3.8, 4) is 5.75 Å². The van der Waals surface area contributed by atoms with Crippen LogP contribution in [0.1, 0.15) is 29.2 Å². The van der Waals surface area contributed by atoms with Gasteiger partial charge in [0, 0.05) is 0 Å². The van der Waals surface area contributed by atoms with Gasteiger partial charge in [0.15, 0.2) is 0 Å². The third kappa shape index (κ3) is 3.14. The molecular weight excluding hydrogens is 232 g/mol. The molecule has 0 bridgehead atoms. The fourth-order valence-electron chi connectivity index (χ4n) is 2.05. The average molecular weight is 250 g/mol. The lowest BCUT2D eigenvalue weighted by atomic mass is 10.00. The fourth-order valence-corrected chi connectivity index (χ4v) is 2.05. The molecule has 0 radical (unpaired) electrons. The fraction of sp³-hybridized carbons (Fsp3) is 0.111. The van der Waals surface area contributed by atoms with Gasteiger partial charge in [-0.3, -0.25) is 0 Å². The quantitative estimate of drug-likeness (QED) is 0.768. The minimum absolute atomic E-state index is 0.268. The Balaban J connectivity index is 2.44. The molecule has 0 amide bonds. The van der Waals surface area contributed by atoms with Crippen LogP contribution in [0, 0.1) is 6.92 Å². The second-order valence-electron chi connectivity index (χ2n) is 4.70. The van der Waals surface area contributed by atoms with Crippen LogP contribution in [0.15, 0.2) is 49.0 Å². The van der Waals surface area contributed by atoms with E-state index in [1.165, 1.54) is 11.1 Å². The number of rotatable bonds is 3. The molecule has 0 aliphatic carbocycles. The van der Waals surface area contributed by atoms with E-state index >= 15 is 0 Å². The topological polar surface area (TPSA) is 20.2 Å². The van der Waals surface area contributed by atoms with Gasteiger partial charge in [-0.1, -0.05) is 43.0 Å². The van der Waals surface area contributed by atoms with Gasteiger partial charge in [-0.15, -0.1) is 0 Å². The maximum Gasteiger partial charge on any atom is 0.116 e. The average Bonchev–Trinajstić information content (AvgIpc) is 2.40. The van der Waals surface area contributed by atoms with Crippen molar-refractivity contribution in [3.05, 3.63) is 71.3 Å². The summed E-state index contributed by atoms with van der Waals surface area (Å²) in [5, 5.41) is 9.72. The van der Waals surface area contributed by atoms with Gasteiger partial charge in [0.1, 0.15) is 5.75 Å². The molecule has 2 aromatic carbocycles. The Bertz CT molecular complexity index is 636. The van der Waals surface area contributed by atoms with E-state index in [1.807, 2.05) is 25.1 Å². The molecule has 2 rings (SSSR count). The van der Waals surface area contributed by atoms with Crippen molar-refractivity contribution in [1.82, 2.24) is 0 Å². The highest BCUT2D eigenvalue weighted by Gasteiger charge is 2.01. The summed E-state index contributed by atoms with van der Waals surface area (Å²) < 4.78 is 0. The molecule has 0 unspecified atom stereocenters. The van der Waals surface area contributed by atoms with Crippen LogP contribution < -0.4 is 0 Å². The minimum Gasteiger partial charge on any atom is -0.508 e. The van der Waals surface area contributed by atoms with Crippen molar-refractivity contribution in [1.29, 1.82) is 0 Å². The van der Waals surface area contributed by atoms with Crippen LogP contribution >= 0.6 is 0 Å². The normalized spacial score (nSPS) is 11.4. The monoisotopic (exact) mass is 250 g/mol. The summed E-state index contributed by atoms with van der Waals surface area (Å²) in [4.78, 5) is 0. The Morgan fingerprint density at radius 1 is 1.16 bits per heavy atom. The number of hydrogen-bond donors (Lipinski definition) is 1. The smallest absolute Gasteiger partial charge is 0.116 e. The first-order chi connectivity index (χ1) is 9.10. The first kappa shape index (κ1) is 13.2. The summed E-state index contributed by atoms with van der Waals surface area (Å²) in [6, 6.07) is 13.8. The number of phenolic OH excluding ortho intramolecular Hbond substituents is 1. The molecule has 0 heterocycles. The number of benzene rings is 2. The second kappa shape index (κ2) is 5.57. The second-order valence-corrected chi connectivity index (χ2v) is 4.70. The summed E-state index contributed by atoms with van der Waals surface area (Å²) in [5.74, 6) is 0.268. The van der Waals surface area contributed by atoms with Crippen LogP contribution in [0.5, 0.6) is 5.75 Å². The summed E-state index contributed by atoms with van der Waals surface area (Å²) in [5.41, 5.74) is 5.49. The van der Waals surface area contributed by atoms with Gasteiger partial charge in [-0.25, -0.2) is 0 Å². The van der Waals surface area contributed by atoms with Crippen LogP contribution in [0.2, 0.25) is 0 Å². The zero-order valence-electron chi connectivity index (χ0n) is 11.4. The van der Waals surface area contributed by atoms with Crippen molar-refractivity contribution < 1.29 is 5.11 Å². The van der Waals surface area contributed by atoms with Crippen LogP contribution in [0.4, 0.5) is 0 Å². The largest absolute Gasteiger partial charge is 0.508 e. The molecule has 0 spiro atoms. The van der Waals surface area contributed by atoms with Crippen molar-refractivity contribution in [2.45, 2.75) is 13.8 Å². The Hall–Kier alpha value is -2.28. The predicted octanol–water partition coefficient (Wildman–Crippen LogP) is 4.90. The van der Waals surface area contributed by atoms with Crippen molar-refractivity contribution in [2.24, 2.45) is 0 Å². The van der Waals surface area contributed by atoms with Crippen LogP contribution in [-0.2, 0) is 0 Å². The summed E-state index contributed by atoms with van der Waals surface area (Å²) in [6.07, 6.45) is 3.88. The standard InChI is InChI=1S/C18H18O/c1-4-15-10-17(12-18(19)11-15)14(3)9-16-8-6-5-7-13(16)2/h4-12,19H,1H2,2-3H3/b14-9+. The number of aromatic hydroxyl groups is 1. The van der Waals surface area contributed by atoms with E-state index < -0.39 is 0 Å². The molecule has 0 aliphatic heterocycles. The number of allylic oxidation sites excluding steroid dienone is 1. The summed E-state index contributed by atoms with van der Waals surface area (Å²) >= 11 is 0. The van der Waals surface area contributed by atoms with Crippen molar-refractivity contribution in [3.63, 3.8) is 0 Å². The van der Waals surface area contributed by atoms with E-state index in [9.17, 15) is 5.11 Å². The molecule has 0 saturated carbocycles. The van der Waals surface area contributed by atoms with Crippen molar-refractivity contribution >= 4 is 17.7 Å². The molecule has 0 fully saturated rings. The summed E-state index contributed by atoms with van der Waals surface area (Å²) in [7, 11) is 0. The van der Waals surface area contributed by atoms with Crippen LogP contribution in [0.3, 0.4) is 0 Å². The Morgan fingerprint density at radius 3 is 2.58 bits per heavy atom. The minimum atomic E-state index is 0.268. The molecular formula is C18H18O. The SMILES string of the molecule is C=Cc1cc(O)cc(/C(C)=C/c2ccccc2C)c1. The van der Waals surface area contributed by atoms with E-state index in [2.05, 4.69) is 31.7 Å². The molecule has 2 aromatic rings. The van der Waals surface area contributed by atoms with E-state index in [4.69, 9.17) is 0 Å². The van der Waals surface area contributed by atoms with Crippen molar-refractivity contribution in [2.75, 3.05) is 0 Å². The van der Waals surface area contributed by atoms with E-state index in [-0.39, 0.29) is 5.75 Å². The zero-order chi connectivity index (χ0) is 13.8. The molecule has 19 heavy (non-hydrogen) atoms. The van der Waals surface area contributed by atoms with Gasteiger partial charge in [0.2, 0.25) is 0 Å². The lowest BCUT2D eigenvalue weighted by Gasteiger charge is -2.06. The molecule has 0 aromatic heterocycles. The molecule has 96 valence electrons. The first-order valence-electron chi connectivity index (χ1n) is 6.31. The zero-order valence-corrected chi connectivity index (χ0v) is 11.4. The highest BCUT2D eigenvalue weighted by Crippen LogP contribution is 2.25. The van der Waals surface area contributed by atoms with Gasteiger partial charge < -0.3 is 5.11 Å². The van der Waals surface area contributed by atoms with E-state index in [1.54, 1.807) is 18.2 Å². The van der Waals surface area contributed by atoms with Gasteiger partial charge in [0.25, 0.3) is 0 Å². The molecule has 1 nitrogen and oxygen atoms in total. The molecule has 0 saturated heterocycles. The highest BCUT2D eigenvalue weighted by molar-refractivity contribution is 5.82. The molecule has 1 heteroatoms. The maximum absolute atomic E-state index is 9.72. The predicted molar refractivity (Wildman–Crippen MR) is 82.9 cm³/mol. The Kier molecular flexibility index (Phi) is 3.86. The van der Waals surface area contributed by atoms with Crippen LogP contribution in [-0.4, -0.2) is 5.11 Å². The van der Waals surface area contributed by atoms with Gasteiger partial charge in [-0.05, 0) is 59.9 Å². The number of hydrogen-bond acceptors (Lipinski definition) is 1. The molecule has 1 N–H and O–H groups in total.